The lowest BCUT2D eigenvalue weighted by Gasteiger charge is -2.32. The fourth-order valence-corrected chi connectivity index (χ4v) is 3.57. The second kappa shape index (κ2) is 7.90. The molecule has 0 spiro atoms. The zero-order chi connectivity index (χ0) is 15.2. The van der Waals surface area contributed by atoms with Gasteiger partial charge in [-0.3, -0.25) is 4.79 Å². The molecule has 1 aromatic heterocycles. The predicted octanol–water partition coefficient (Wildman–Crippen LogP) is 2.55. The highest BCUT2D eigenvalue weighted by Gasteiger charge is 2.30. The van der Waals surface area contributed by atoms with Crippen molar-refractivity contribution >= 4 is 17.7 Å². The van der Waals surface area contributed by atoms with Crippen LogP contribution >= 0.6 is 11.8 Å². The first-order chi connectivity index (χ1) is 10.1. The van der Waals surface area contributed by atoms with E-state index in [1.54, 1.807) is 11.8 Å². The molecule has 1 saturated heterocycles. The average molecular weight is 309 g/mol. The van der Waals surface area contributed by atoms with Crippen LogP contribution in [-0.2, 0) is 11.8 Å². The molecule has 1 aliphatic rings. The summed E-state index contributed by atoms with van der Waals surface area (Å²) in [6, 6.07) is 4.00. The van der Waals surface area contributed by atoms with Crippen molar-refractivity contribution < 1.29 is 4.79 Å². The van der Waals surface area contributed by atoms with Crippen molar-refractivity contribution in [2.24, 2.45) is 12.8 Å². The Bertz CT molecular complexity index is 460. The molecule has 21 heavy (non-hydrogen) atoms. The molecule has 118 valence electrons. The summed E-state index contributed by atoms with van der Waals surface area (Å²) in [7, 11) is 2.05. The van der Waals surface area contributed by atoms with Gasteiger partial charge in [-0.1, -0.05) is 12.8 Å². The van der Waals surface area contributed by atoms with Crippen molar-refractivity contribution in [3.05, 3.63) is 24.0 Å². The molecule has 0 radical (unpaired) electrons. The van der Waals surface area contributed by atoms with Crippen LogP contribution in [0.4, 0.5) is 0 Å². The van der Waals surface area contributed by atoms with Gasteiger partial charge in [0.25, 0.3) is 0 Å². The molecule has 2 rings (SSSR count). The summed E-state index contributed by atoms with van der Waals surface area (Å²) >= 11 is 1.74. The number of rotatable bonds is 5. The number of carbonyl (C=O) groups excluding carboxylic acids is 1. The largest absolute Gasteiger partial charge is 0.353 e. The van der Waals surface area contributed by atoms with Gasteiger partial charge < -0.3 is 15.2 Å². The van der Waals surface area contributed by atoms with Crippen LogP contribution in [0.5, 0.6) is 0 Å². The summed E-state index contributed by atoms with van der Waals surface area (Å²) in [6.07, 6.45) is 9.37. The lowest BCUT2D eigenvalue weighted by atomic mass is 10.1. The number of aromatic nitrogens is 1. The molecule has 0 aliphatic carbocycles. The summed E-state index contributed by atoms with van der Waals surface area (Å²) in [6.45, 7) is 0.835. The predicted molar refractivity (Wildman–Crippen MR) is 89.3 cm³/mol. The van der Waals surface area contributed by atoms with Gasteiger partial charge in [-0.2, -0.15) is 11.8 Å². The highest BCUT2D eigenvalue weighted by molar-refractivity contribution is 7.98. The van der Waals surface area contributed by atoms with E-state index in [9.17, 15) is 4.79 Å². The minimum absolute atomic E-state index is 0.122. The Morgan fingerprint density at radius 3 is 2.95 bits per heavy atom. The fourth-order valence-electron chi connectivity index (χ4n) is 3.08. The molecule has 5 heteroatoms. The van der Waals surface area contributed by atoms with Gasteiger partial charge in [0.05, 0.1) is 12.1 Å². The van der Waals surface area contributed by atoms with E-state index >= 15 is 0 Å². The zero-order valence-electron chi connectivity index (χ0n) is 13.1. The van der Waals surface area contributed by atoms with E-state index in [4.69, 9.17) is 5.73 Å². The van der Waals surface area contributed by atoms with E-state index in [-0.39, 0.29) is 18.0 Å². The first kappa shape index (κ1) is 16.4. The van der Waals surface area contributed by atoms with E-state index in [0.717, 1.165) is 31.6 Å². The van der Waals surface area contributed by atoms with Crippen molar-refractivity contribution in [2.45, 2.75) is 44.2 Å². The summed E-state index contributed by atoms with van der Waals surface area (Å²) < 4.78 is 2.13. The lowest BCUT2D eigenvalue weighted by molar-refractivity contribution is -0.135. The van der Waals surface area contributed by atoms with E-state index in [2.05, 4.69) is 36.2 Å². The Morgan fingerprint density at radius 2 is 2.29 bits per heavy atom. The number of hydrogen-bond acceptors (Lipinski definition) is 3. The van der Waals surface area contributed by atoms with Gasteiger partial charge in [-0.25, -0.2) is 0 Å². The summed E-state index contributed by atoms with van der Waals surface area (Å²) in [5.74, 6) is 1.06. The molecular formula is C16H27N3OS. The topological polar surface area (TPSA) is 51.3 Å². The monoisotopic (exact) mass is 309 g/mol. The van der Waals surface area contributed by atoms with E-state index < -0.39 is 0 Å². The van der Waals surface area contributed by atoms with Crippen LogP contribution in [0.1, 0.15) is 43.8 Å². The van der Waals surface area contributed by atoms with Gasteiger partial charge in [0.2, 0.25) is 5.91 Å². The highest BCUT2D eigenvalue weighted by Crippen LogP contribution is 2.30. The number of nitrogens with zero attached hydrogens (tertiary/aromatic N) is 2. The zero-order valence-corrected chi connectivity index (χ0v) is 13.9. The number of hydrogen-bond donors (Lipinski definition) is 1. The SMILES string of the molecule is CSCC[C@H](N)C(=O)N1CCCCCC1c1cccn1C. The number of amides is 1. The summed E-state index contributed by atoms with van der Waals surface area (Å²) in [5, 5.41) is 0. The molecule has 1 amide bonds. The number of aryl methyl sites for hydroxylation is 1. The number of likely N-dealkylation sites (tertiary alicyclic amines) is 1. The Morgan fingerprint density at radius 1 is 1.48 bits per heavy atom. The van der Waals surface area contributed by atoms with Gasteiger partial charge in [-0.15, -0.1) is 0 Å². The fraction of sp³-hybridized carbons (Fsp3) is 0.688. The minimum Gasteiger partial charge on any atom is -0.353 e. The molecule has 1 unspecified atom stereocenters. The number of nitrogens with two attached hydrogens (primary N) is 1. The van der Waals surface area contributed by atoms with Gasteiger partial charge in [0, 0.05) is 25.5 Å². The molecule has 0 bridgehead atoms. The molecule has 0 aromatic carbocycles. The normalized spacial score (nSPS) is 21.1. The molecule has 4 nitrogen and oxygen atoms in total. The second-order valence-electron chi connectivity index (χ2n) is 5.83. The highest BCUT2D eigenvalue weighted by atomic mass is 32.2. The summed E-state index contributed by atoms with van der Waals surface area (Å²) in [5.41, 5.74) is 7.35. The molecule has 1 aliphatic heterocycles. The van der Waals surface area contributed by atoms with Gasteiger partial charge in [-0.05, 0) is 43.4 Å². The maximum absolute atomic E-state index is 12.8. The van der Waals surface area contributed by atoms with Crippen LogP contribution in [0.2, 0.25) is 0 Å². The van der Waals surface area contributed by atoms with Crippen LogP contribution < -0.4 is 5.73 Å². The van der Waals surface area contributed by atoms with E-state index in [1.165, 1.54) is 18.5 Å². The minimum atomic E-state index is -0.363. The van der Waals surface area contributed by atoms with Crippen LogP contribution in [0, 0.1) is 0 Å². The van der Waals surface area contributed by atoms with Crippen LogP contribution in [0.15, 0.2) is 18.3 Å². The summed E-state index contributed by atoms with van der Waals surface area (Å²) in [4.78, 5) is 14.8. The molecule has 1 fully saturated rings. The van der Waals surface area contributed by atoms with E-state index in [0.29, 0.717) is 0 Å². The third-order valence-corrected chi connectivity index (χ3v) is 4.96. The molecule has 2 heterocycles. The van der Waals surface area contributed by atoms with Gasteiger partial charge in [0.15, 0.2) is 0 Å². The molecule has 2 N–H and O–H groups in total. The Kier molecular flexibility index (Phi) is 6.18. The third kappa shape index (κ3) is 4.04. The number of carbonyl (C=O) groups is 1. The van der Waals surface area contributed by atoms with Crippen LogP contribution in [0.3, 0.4) is 0 Å². The molecule has 1 aromatic rings. The van der Waals surface area contributed by atoms with Crippen molar-refractivity contribution in [1.82, 2.24) is 9.47 Å². The molecule has 2 atom stereocenters. The van der Waals surface area contributed by atoms with Crippen LogP contribution in [-0.4, -0.2) is 40.0 Å². The van der Waals surface area contributed by atoms with Crippen LogP contribution in [0.25, 0.3) is 0 Å². The van der Waals surface area contributed by atoms with E-state index in [1.807, 2.05) is 4.90 Å². The lowest BCUT2D eigenvalue weighted by Crippen LogP contribution is -2.46. The van der Waals surface area contributed by atoms with Crippen molar-refractivity contribution in [3.8, 4) is 0 Å². The second-order valence-corrected chi connectivity index (χ2v) is 6.81. The maximum atomic E-state index is 12.8. The van der Waals surface area contributed by atoms with Gasteiger partial charge in [0.1, 0.15) is 0 Å². The Labute approximate surface area is 132 Å². The standard InChI is InChI=1S/C16H27N3OS/c1-18-10-6-8-14(18)15-7-4-3-5-11-19(15)16(20)13(17)9-12-21-2/h6,8,10,13,15H,3-5,7,9,11-12,17H2,1-2H3/t13-,15?/m0/s1. The quantitative estimate of drug-likeness (QED) is 0.909. The van der Waals surface area contributed by atoms with Gasteiger partial charge >= 0.3 is 0 Å². The smallest absolute Gasteiger partial charge is 0.240 e. The average Bonchev–Trinajstić information content (AvgIpc) is 2.76. The van der Waals surface area contributed by atoms with Crippen molar-refractivity contribution in [2.75, 3.05) is 18.6 Å². The van der Waals surface area contributed by atoms with Crippen molar-refractivity contribution in [3.63, 3.8) is 0 Å². The Balaban J connectivity index is 2.16. The van der Waals surface area contributed by atoms with Crippen molar-refractivity contribution in [1.29, 1.82) is 0 Å². The maximum Gasteiger partial charge on any atom is 0.240 e. The number of thioether (sulfide) groups is 1. The molecule has 0 saturated carbocycles. The molecular weight excluding hydrogens is 282 g/mol. The first-order valence-corrected chi connectivity index (χ1v) is 9.20. The Hall–Kier alpha value is -0.940. The first-order valence-electron chi connectivity index (χ1n) is 7.81. The third-order valence-electron chi connectivity index (χ3n) is 4.31.